The van der Waals surface area contributed by atoms with Gasteiger partial charge >= 0.3 is 24.7 Å². The van der Waals surface area contributed by atoms with Crippen LogP contribution in [0.4, 0.5) is 52.7 Å². The third kappa shape index (κ3) is 6.63. The topological polar surface area (TPSA) is 69.3 Å². The van der Waals surface area contributed by atoms with Crippen LogP contribution >= 0.6 is 0 Å². The van der Waals surface area contributed by atoms with Crippen molar-refractivity contribution < 1.29 is 61.9 Å². The quantitative estimate of drug-likeness (QED) is 0.0750. The Kier molecular flexibility index (Phi) is 8.76. The Labute approximate surface area is 320 Å². The minimum Gasteiger partial charge on any atom is -0.455 e. The third-order valence-electron chi connectivity index (χ3n) is 9.90. The predicted molar refractivity (Wildman–Crippen MR) is 192 cm³/mol. The smallest absolute Gasteiger partial charge is 0.416 e. The molecular weight excluding hydrogens is 810 g/mol. The van der Waals surface area contributed by atoms with Gasteiger partial charge in [-0.1, -0.05) is 30.3 Å². The molecule has 0 radical (unpaired) electrons. The molecule has 0 saturated heterocycles. The minimum absolute atomic E-state index is 0.0104. The van der Waals surface area contributed by atoms with Gasteiger partial charge in [0.1, 0.15) is 17.5 Å². The van der Waals surface area contributed by atoms with E-state index in [1.54, 1.807) is 0 Å². The molecule has 59 heavy (non-hydrogen) atoms. The highest BCUT2D eigenvalue weighted by atomic mass is 19.4. The van der Waals surface area contributed by atoms with E-state index in [1.165, 1.54) is 48.5 Å². The van der Waals surface area contributed by atoms with Crippen LogP contribution in [0.15, 0.2) is 111 Å². The van der Waals surface area contributed by atoms with Crippen molar-refractivity contribution in [2.75, 3.05) is 0 Å². The first-order valence-electron chi connectivity index (χ1n) is 17.0. The largest absolute Gasteiger partial charge is 0.455 e. The van der Waals surface area contributed by atoms with Gasteiger partial charge in [0.2, 0.25) is 0 Å². The molecule has 5 nitrogen and oxygen atoms in total. The molecule has 0 aliphatic carbocycles. The zero-order valence-electron chi connectivity index (χ0n) is 29.1. The maximum absolute atomic E-state index is 14.5. The molecule has 0 amide bonds. The summed E-state index contributed by atoms with van der Waals surface area (Å²) >= 11 is 0. The van der Waals surface area contributed by atoms with Crippen LogP contribution in [-0.4, -0.2) is 10.9 Å². The van der Waals surface area contributed by atoms with Crippen molar-refractivity contribution in [2.45, 2.75) is 31.1 Å². The molecule has 8 rings (SSSR count). The van der Waals surface area contributed by atoms with Crippen LogP contribution in [0.2, 0.25) is 0 Å². The van der Waals surface area contributed by atoms with Gasteiger partial charge in [0, 0.05) is 44.3 Å². The van der Waals surface area contributed by atoms with Gasteiger partial charge in [-0.15, -0.1) is 0 Å². The van der Waals surface area contributed by atoms with Gasteiger partial charge in [-0.2, -0.15) is 52.7 Å². The van der Waals surface area contributed by atoms with E-state index in [1.807, 2.05) is 0 Å². The Hall–Kier alpha value is -6.65. The number of para-hydroxylation sites is 1. The van der Waals surface area contributed by atoms with E-state index in [0.29, 0.717) is 40.7 Å². The van der Waals surface area contributed by atoms with E-state index in [-0.39, 0.29) is 51.4 Å². The number of halogens is 12. The van der Waals surface area contributed by atoms with Gasteiger partial charge < -0.3 is 9.21 Å². The summed E-state index contributed by atoms with van der Waals surface area (Å²) in [6.45, 7) is 0. The lowest BCUT2D eigenvalue weighted by Crippen LogP contribution is -2.32. The van der Waals surface area contributed by atoms with Gasteiger partial charge in [-0.05, 0) is 89.0 Å². The summed E-state index contributed by atoms with van der Waals surface area (Å²) in [6, 6.07) is 13.9. The molecule has 2 aromatic heterocycles. The molecule has 2 heterocycles. The molecule has 17 heteroatoms. The number of alkyl halides is 12. The van der Waals surface area contributed by atoms with E-state index < -0.39 is 96.7 Å². The lowest BCUT2D eigenvalue weighted by atomic mass is 9.86. The summed E-state index contributed by atoms with van der Waals surface area (Å²) < 4.78 is 177. The predicted octanol–water partition coefficient (Wildman–Crippen LogP) is 12.0. The average Bonchev–Trinajstić information content (AvgIpc) is 3.16. The second-order valence-electron chi connectivity index (χ2n) is 13.6. The van der Waals surface area contributed by atoms with Crippen LogP contribution in [0.25, 0.3) is 71.4 Å². The molecule has 0 aliphatic rings. The zero-order valence-corrected chi connectivity index (χ0v) is 29.1. The third-order valence-corrected chi connectivity index (χ3v) is 9.90. The molecule has 0 atom stereocenters. The highest BCUT2D eigenvalue weighted by molar-refractivity contribution is 6.32. The Morgan fingerprint density at radius 2 is 0.966 bits per heavy atom. The number of aromatic nitrogens is 1. The molecule has 300 valence electrons. The number of nitrogens with zero attached hydrogens (tertiary/aromatic N) is 1. The van der Waals surface area contributed by atoms with E-state index in [4.69, 9.17) is 4.42 Å². The van der Waals surface area contributed by atoms with Crippen molar-refractivity contribution >= 4 is 49.8 Å². The Balaban J connectivity index is 1.64. The first-order valence-corrected chi connectivity index (χ1v) is 17.0. The normalized spacial score (nSPS) is 13.0. The molecule has 8 aromatic rings. The number of aldehydes is 1. The molecule has 0 aliphatic heterocycles. The van der Waals surface area contributed by atoms with E-state index in [2.05, 4.69) is 0 Å². The number of pyridine rings is 1. The Bertz CT molecular complexity index is 3040. The van der Waals surface area contributed by atoms with Crippen molar-refractivity contribution in [3.63, 3.8) is 0 Å². The van der Waals surface area contributed by atoms with Crippen LogP contribution < -0.4 is 11.1 Å². The van der Waals surface area contributed by atoms with Crippen LogP contribution in [-0.2, 0) is 35.9 Å². The van der Waals surface area contributed by atoms with Gasteiger partial charge in [-0.25, -0.2) is 4.57 Å². The number of carbonyl (C=O) groups excluding carboxylic acids is 1. The number of hydrogen-bond donors (Lipinski definition) is 0. The fourth-order valence-electron chi connectivity index (χ4n) is 7.31. The molecule has 0 spiro atoms. The SMILES string of the molecule is O=CCc1ccc(-n2c(=O)c3cc(-c4cc(C(F)(F)F)cc(C(F)(F)F)c4)c4oc5ccccc5c5c(-c6cc(C(F)(F)F)cc(C(F)(F)F)c6)cc(c2=O)c3c45)cc1. The van der Waals surface area contributed by atoms with Crippen LogP contribution in [0.3, 0.4) is 0 Å². The zero-order chi connectivity index (χ0) is 42.6. The first-order chi connectivity index (χ1) is 27.6. The van der Waals surface area contributed by atoms with Gasteiger partial charge in [0.15, 0.2) is 0 Å². The van der Waals surface area contributed by atoms with Gasteiger partial charge in [-0.3, -0.25) is 9.59 Å². The molecule has 0 fully saturated rings. The summed E-state index contributed by atoms with van der Waals surface area (Å²) in [7, 11) is 0. The maximum atomic E-state index is 14.5. The minimum atomic E-state index is -5.34. The monoisotopic (exact) mass is 829 g/mol. The fraction of sp³-hybridized carbons (Fsp3) is 0.119. The van der Waals surface area contributed by atoms with Crippen LogP contribution in [0.5, 0.6) is 0 Å². The highest BCUT2D eigenvalue weighted by Crippen LogP contribution is 2.49. The maximum Gasteiger partial charge on any atom is 0.416 e. The molecular formula is C42H19F12NO4. The van der Waals surface area contributed by atoms with E-state index in [0.717, 1.165) is 12.1 Å². The summed E-state index contributed by atoms with van der Waals surface area (Å²) in [5, 5.41) is -1.84. The molecule has 0 saturated carbocycles. The summed E-state index contributed by atoms with van der Waals surface area (Å²) in [6.07, 6.45) is -20.9. The van der Waals surface area contributed by atoms with E-state index >= 15 is 0 Å². The summed E-state index contributed by atoms with van der Waals surface area (Å²) in [5.74, 6) is 0. The summed E-state index contributed by atoms with van der Waals surface area (Å²) in [4.78, 5) is 40.1. The number of hydrogen-bond acceptors (Lipinski definition) is 4. The molecule has 0 bridgehead atoms. The Morgan fingerprint density at radius 3 is 1.44 bits per heavy atom. The van der Waals surface area contributed by atoms with Crippen molar-refractivity contribution in [1.29, 1.82) is 0 Å². The second kappa shape index (κ2) is 13.2. The Morgan fingerprint density at radius 1 is 0.508 bits per heavy atom. The van der Waals surface area contributed by atoms with Gasteiger partial charge in [0.25, 0.3) is 11.1 Å². The van der Waals surface area contributed by atoms with Crippen molar-refractivity contribution in [1.82, 2.24) is 4.57 Å². The highest BCUT2D eigenvalue weighted by Gasteiger charge is 2.39. The first kappa shape index (κ1) is 39.2. The van der Waals surface area contributed by atoms with Crippen molar-refractivity contribution in [2.24, 2.45) is 0 Å². The van der Waals surface area contributed by atoms with Crippen molar-refractivity contribution in [3.8, 4) is 27.9 Å². The lowest BCUT2D eigenvalue weighted by Gasteiger charge is -2.21. The van der Waals surface area contributed by atoms with Crippen LogP contribution in [0.1, 0.15) is 27.8 Å². The molecule has 6 aromatic carbocycles. The molecule has 0 unspecified atom stereocenters. The van der Waals surface area contributed by atoms with Crippen LogP contribution in [0, 0.1) is 0 Å². The lowest BCUT2D eigenvalue weighted by molar-refractivity contribution is -0.144. The number of carbonyl (C=O) groups is 1. The van der Waals surface area contributed by atoms with Crippen molar-refractivity contribution in [3.05, 3.63) is 146 Å². The average molecular weight is 830 g/mol. The van der Waals surface area contributed by atoms with E-state index in [9.17, 15) is 67.1 Å². The second-order valence-corrected chi connectivity index (χ2v) is 13.6. The molecule has 0 N–H and O–H groups in total. The van der Waals surface area contributed by atoms with Gasteiger partial charge in [0.05, 0.1) is 27.9 Å². The fourth-order valence-corrected chi connectivity index (χ4v) is 7.31. The number of benzene rings is 6. The summed E-state index contributed by atoms with van der Waals surface area (Å²) in [5.41, 5.74) is -12.2. The number of rotatable bonds is 5. The standard InChI is InChI=1S/C42H19F12NO4/c43-39(44,45)22-11-20(12-23(15-22)40(46,47)48)28-17-30-34-31(38(58)55(37(30)57)26-7-5-19(6-8-26)9-10-56)18-29(36-35(34)33(28)27-3-1-2-4-32(27)59-36)21-13-24(41(49,50)51)16-25(14-21)42(52,53)54/h1-8,10-18H,9H2. The number of fused-ring (bicyclic) bond motifs is 2.